The Kier molecular flexibility index (Phi) is 4.88. The quantitative estimate of drug-likeness (QED) is 0.837. The van der Waals surface area contributed by atoms with Gasteiger partial charge in [0.05, 0.1) is 17.8 Å². The summed E-state index contributed by atoms with van der Waals surface area (Å²) in [7, 11) is 0. The van der Waals surface area contributed by atoms with Gasteiger partial charge in [0, 0.05) is 11.2 Å². The van der Waals surface area contributed by atoms with E-state index in [0.29, 0.717) is 5.56 Å². The van der Waals surface area contributed by atoms with E-state index in [1.54, 1.807) is 12.1 Å². The predicted molar refractivity (Wildman–Crippen MR) is 79.5 cm³/mol. The number of anilines is 1. The molecule has 1 aromatic heterocycles. The van der Waals surface area contributed by atoms with Gasteiger partial charge in [0.2, 0.25) is 0 Å². The molecular formula is C15H11ClFN3O. The van der Waals surface area contributed by atoms with Crippen LogP contribution in [0.4, 0.5) is 10.1 Å². The Bertz CT molecular complexity index is 737. The molecule has 0 radical (unpaired) electrons. The van der Waals surface area contributed by atoms with Gasteiger partial charge in [-0.3, -0.25) is 4.79 Å². The van der Waals surface area contributed by atoms with Crippen LogP contribution in [-0.2, 0) is 0 Å². The molecule has 1 heterocycles. The monoisotopic (exact) mass is 303 g/mol. The van der Waals surface area contributed by atoms with E-state index in [0.717, 1.165) is 6.07 Å². The summed E-state index contributed by atoms with van der Waals surface area (Å²) in [6, 6.07) is 7.27. The van der Waals surface area contributed by atoms with Crippen molar-refractivity contribution in [1.29, 1.82) is 0 Å². The summed E-state index contributed by atoms with van der Waals surface area (Å²) in [6.07, 6.45) is 1.46. The largest absolute Gasteiger partial charge is 0.320 e. The summed E-state index contributed by atoms with van der Waals surface area (Å²) in [5.74, 6) is 4.22. The minimum atomic E-state index is -0.624. The average Bonchev–Trinajstić information content (AvgIpc) is 2.48. The van der Waals surface area contributed by atoms with Gasteiger partial charge in [0.15, 0.2) is 0 Å². The third kappa shape index (κ3) is 3.78. The molecular weight excluding hydrogens is 293 g/mol. The van der Waals surface area contributed by atoms with E-state index in [-0.39, 0.29) is 22.9 Å². The molecule has 0 aliphatic carbocycles. The highest BCUT2D eigenvalue weighted by Gasteiger charge is 2.14. The van der Waals surface area contributed by atoms with E-state index >= 15 is 0 Å². The maximum Gasteiger partial charge on any atom is 0.275 e. The topological polar surface area (TPSA) is 68.0 Å². The molecule has 2 aromatic rings. The molecule has 0 atom stereocenters. The van der Waals surface area contributed by atoms with Gasteiger partial charge in [-0.2, -0.15) is 0 Å². The molecule has 4 nitrogen and oxygen atoms in total. The normalized spacial score (nSPS) is 9.67. The second kappa shape index (κ2) is 6.84. The van der Waals surface area contributed by atoms with Gasteiger partial charge in [-0.25, -0.2) is 9.37 Å². The first kappa shape index (κ1) is 15.0. The third-order valence-electron chi connectivity index (χ3n) is 2.53. The van der Waals surface area contributed by atoms with Crippen molar-refractivity contribution in [2.75, 3.05) is 11.9 Å². The maximum atomic E-state index is 13.7. The van der Waals surface area contributed by atoms with Crippen LogP contribution in [0, 0.1) is 17.7 Å². The van der Waals surface area contributed by atoms with Crippen LogP contribution in [0.2, 0.25) is 5.02 Å². The molecule has 0 aliphatic heterocycles. The number of nitrogens with zero attached hydrogens (tertiary/aromatic N) is 1. The molecule has 6 heteroatoms. The zero-order valence-electron chi connectivity index (χ0n) is 10.9. The second-order valence-electron chi connectivity index (χ2n) is 3.98. The zero-order chi connectivity index (χ0) is 15.2. The molecule has 0 saturated heterocycles. The first-order chi connectivity index (χ1) is 10.1. The van der Waals surface area contributed by atoms with E-state index in [9.17, 15) is 9.18 Å². The molecule has 0 unspecified atom stereocenters. The average molecular weight is 304 g/mol. The van der Waals surface area contributed by atoms with E-state index in [2.05, 4.69) is 22.1 Å². The lowest BCUT2D eigenvalue weighted by Gasteiger charge is -2.07. The third-order valence-corrected chi connectivity index (χ3v) is 2.76. The summed E-state index contributed by atoms with van der Waals surface area (Å²) in [6.45, 7) is 0.168. The number of nitrogens with one attached hydrogen (secondary N) is 1. The molecule has 1 amide bonds. The molecule has 3 N–H and O–H groups in total. The van der Waals surface area contributed by atoms with Crippen LogP contribution >= 0.6 is 11.6 Å². The maximum absolute atomic E-state index is 13.7. The molecule has 21 heavy (non-hydrogen) atoms. The molecule has 0 bridgehead atoms. The lowest BCUT2D eigenvalue weighted by molar-refractivity contribution is 0.102. The molecule has 0 saturated carbocycles. The molecule has 106 valence electrons. The number of nitrogens with two attached hydrogens (primary N) is 1. The van der Waals surface area contributed by atoms with Crippen LogP contribution in [0.5, 0.6) is 0 Å². The first-order valence-corrected chi connectivity index (χ1v) is 6.40. The molecule has 0 aliphatic rings. The molecule has 2 rings (SSSR count). The fraction of sp³-hybridized carbons (Fsp3) is 0.0667. The summed E-state index contributed by atoms with van der Waals surface area (Å²) in [4.78, 5) is 16.1. The minimum Gasteiger partial charge on any atom is -0.320 e. The van der Waals surface area contributed by atoms with Gasteiger partial charge in [-0.1, -0.05) is 23.4 Å². The number of carbonyl (C=O) groups excluding carboxylic acids is 1. The number of hydrogen-bond acceptors (Lipinski definition) is 3. The Morgan fingerprint density at radius 1 is 1.43 bits per heavy atom. The summed E-state index contributed by atoms with van der Waals surface area (Å²) < 4.78 is 13.7. The fourth-order valence-electron chi connectivity index (χ4n) is 1.61. The Morgan fingerprint density at radius 2 is 2.24 bits per heavy atom. The lowest BCUT2D eigenvalue weighted by Crippen LogP contribution is -2.16. The number of aromatic nitrogens is 1. The minimum absolute atomic E-state index is 0.0211. The first-order valence-electron chi connectivity index (χ1n) is 6.02. The highest BCUT2D eigenvalue weighted by atomic mass is 35.5. The highest BCUT2D eigenvalue weighted by Crippen LogP contribution is 2.19. The number of rotatable bonds is 2. The fourth-order valence-corrected chi connectivity index (χ4v) is 1.76. The molecule has 0 fully saturated rings. The van der Waals surface area contributed by atoms with Crippen molar-refractivity contribution in [2.24, 2.45) is 5.73 Å². The Balaban J connectivity index is 2.28. The van der Waals surface area contributed by atoms with Crippen LogP contribution in [0.1, 0.15) is 16.1 Å². The van der Waals surface area contributed by atoms with Crippen molar-refractivity contribution < 1.29 is 9.18 Å². The smallest absolute Gasteiger partial charge is 0.275 e. The van der Waals surface area contributed by atoms with Crippen LogP contribution in [0.25, 0.3) is 0 Å². The molecule has 0 spiro atoms. The van der Waals surface area contributed by atoms with Crippen molar-refractivity contribution in [1.82, 2.24) is 4.98 Å². The van der Waals surface area contributed by atoms with E-state index in [1.165, 1.54) is 18.3 Å². The van der Waals surface area contributed by atoms with Crippen molar-refractivity contribution in [3.05, 3.63) is 58.6 Å². The van der Waals surface area contributed by atoms with Crippen LogP contribution < -0.4 is 11.1 Å². The Labute approximate surface area is 126 Å². The highest BCUT2D eigenvalue weighted by molar-refractivity contribution is 6.30. The van der Waals surface area contributed by atoms with Crippen molar-refractivity contribution in [3.63, 3.8) is 0 Å². The number of carbonyl (C=O) groups is 1. The number of benzene rings is 1. The van der Waals surface area contributed by atoms with Gasteiger partial charge in [0.1, 0.15) is 11.5 Å². The van der Waals surface area contributed by atoms with E-state index in [1.807, 2.05) is 0 Å². The standard InChI is InChI=1S/C15H11ClFN3O/c16-11-5-6-13(12(17)9-11)20-15(21)14-10(3-1-7-18)4-2-8-19-14/h2,4-6,8-9H,7,18H2,(H,20,21). The van der Waals surface area contributed by atoms with Gasteiger partial charge in [0.25, 0.3) is 5.91 Å². The Hall–Kier alpha value is -2.42. The summed E-state index contributed by atoms with van der Waals surface area (Å²) in [5.41, 5.74) is 5.85. The predicted octanol–water partition coefficient (Wildman–Crippen LogP) is 2.44. The van der Waals surface area contributed by atoms with Crippen LogP contribution in [0.3, 0.4) is 0 Å². The van der Waals surface area contributed by atoms with Gasteiger partial charge in [-0.15, -0.1) is 0 Å². The van der Waals surface area contributed by atoms with Crippen LogP contribution in [0.15, 0.2) is 36.5 Å². The van der Waals surface area contributed by atoms with Gasteiger partial charge in [-0.05, 0) is 30.3 Å². The summed E-state index contributed by atoms with van der Waals surface area (Å²) >= 11 is 5.66. The van der Waals surface area contributed by atoms with E-state index < -0.39 is 11.7 Å². The van der Waals surface area contributed by atoms with Gasteiger partial charge < -0.3 is 11.1 Å². The van der Waals surface area contributed by atoms with Crippen molar-refractivity contribution >= 4 is 23.2 Å². The number of pyridine rings is 1. The second-order valence-corrected chi connectivity index (χ2v) is 4.42. The summed E-state index contributed by atoms with van der Waals surface area (Å²) in [5, 5.41) is 2.68. The zero-order valence-corrected chi connectivity index (χ0v) is 11.6. The number of halogens is 2. The van der Waals surface area contributed by atoms with Crippen LogP contribution in [-0.4, -0.2) is 17.4 Å². The lowest BCUT2D eigenvalue weighted by atomic mass is 10.2. The number of amides is 1. The van der Waals surface area contributed by atoms with Crippen molar-refractivity contribution in [2.45, 2.75) is 0 Å². The Morgan fingerprint density at radius 3 is 2.95 bits per heavy atom. The van der Waals surface area contributed by atoms with Crippen molar-refractivity contribution in [3.8, 4) is 11.8 Å². The van der Waals surface area contributed by atoms with E-state index in [4.69, 9.17) is 17.3 Å². The van der Waals surface area contributed by atoms with Gasteiger partial charge >= 0.3 is 0 Å². The SMILES string of the molecule is NCC#Cc1cccnc1C(=O)Nc1ccc(Cl)cc1F. The number of hydrogen-bond donors (Lipinski definition) is 2. The molecule has 1 aromatic carbocycles.